The van der Waals surface area contributed by atoms with Crippen LogP contribution in [0.3, 0.4) is 0 Å². The summed E-state index contributed by atoms with van der Waals surface area (Å²) in [6.45, 7) is 1.30. The predicted octanol–water partition coefficient (Wildman–Crippen LogP) is 2.13. The van der Waals surface area contributed by atoms with Gasteiger partial charge in [-0.1, -0.05) is 0 Å². The molecular weight excluding hydrogens is 420 g/mol. The quantitative estimate of drug-likeness (QED) is 0.662. The third-order valence-electron chi connectivity index (χ3n) is 6.29. The number of piperidine rings is 1. The second-order valence-corrected chi connectivity index (χ2v) is 8.34. The van der Waals surface area contributed by atoms with Crippen LogP contribution in [-0.4, -0.2) is 54.6 Å². The number of likely N-dealkylation sites (tertiary alicyclic amines) is 1. The zero-order chi connectivity index (χ0) is 22.8. The monoisotopic (exact) mass is 444 g/mol. The Kier molecular flexibility index (Phi) is 5.68. The highest BCUT2D eigenvalue weighted by molar-refractivity contribution is 5.94. The lowest BCUT2D eigenvalue weighted by Gasteiger charge is -2.36. The fraction of sp³-hybridized carbons (Fsp3) is 0.333. The number of fused-ring (bicyclic) bond motifs is 1. The van der Waals surface area contributed by atoms with E-state index in [4.69, 9.17) is 4.98 Å². The average molecular weight is 444 g/mol. The minimum absolute atomic E-state index is 0.113. The van der Waals surface area contributed by atoms with Crippen molar-refractivity contribution in [2.24, 2.45) is 0 Å². The molecule has 9 heteroatoms. The normalized spacial score (nSPS) is 18.0. The molecule has 0 unspecified atom stereocenters. The van der Waals surface area contributed by atoms with Gasteiger partial charge in [0.15, 0.2) is 0 Å². The molecule has 3 aromatic rings. The maximum Gasteiger partial charge on any atom is 0.256 e. The van der Waals surface area contributed by atoms with E-state index in [9.17, 15) is 14.4 Å². The number of aromatic nitrogens is 4. The summed E-state index contributed by atoms with van der Waals surface area (Å²) in [6.07, 6.45) is 9.35. The molecule has 5 heterocycles. The molecule has 1 fully saturated rings. The number of hydrogen-bond acceptors (Lipinski definition) is 6. The van der Waals surface area contributed by atoms with Crippen molar-refractivity contribution in [1.82, 2.24) is 29.7 Å². The second kappa shape index (κ2) is 8.93. The van der Waals surface area contributed by atoms with Crippen molar-refractivity contribution >= 4 is 11.8 Å². The summed E-state index contributed by atoms with van der Waals surface area (Å²) >= 11 is 0. The lowest BCUT2D eigenvalue weighted by Crippen LogP contribution is -2.42. The number of hydrogen-bond donors (Lipinski definition) is 1. The van der Waals surface area contributed by atoms with Gasteiger partial charge in [0, 0.05) is 49.0 Å². The number of aromatic amines is 1. The van der Waals surface area contributed by atoms with Gasteiger partial charge < -0.3 is 14.8 Å². The fourth-order valence-electron chi connectivity index (χ4n) is 4.58. The van der Waals surface area contributed by atoms with Gasteiger partial charge in [-0.3, -0.25) is 24.4 Å². The van der Waals surface area contributed by atoms with E-state index in [0.717, 1.165) is 12.8 Å². The number of rotatable bonds is 3. The van der Waals surface area contributed by atoms with Crippen LogP contribution >= 0.6 is 0 Å². The van der Waals surface area contributed by atoms with Crippen molar-refractivity contribution in [2.75, 3.05) is 13.1 Å². The van der Waals surface area contributed by atoms with Crippen LogP contribution < -0.4 is 5.56 Å². The highest BCUT2D eigenvalue weighted by Crippen LogP contribution is 2.30. The molecule has 1 atom stereocenters. The Bertz CT molecular complexity index is 1230. The van der Waals surface area contributed by atoms with Crippen LogP contribution in [0.4, 0.5) is 0 Å². The van der Waals surface area contributed by atoms with Crippen LogP contribution in [-0.2, 0) is 13.0 Å². The molecule has 0 spiro atoms. The molecule has 2 aliphatic rings. The standard InChI is InChI=1S/C24H24N6O3/c31-22-18-8-13-29(23(32)16-6-10-25-11-7-16)15-19(18)27-21(28-22)20-5-1-2-12-30(20)24(33)17-4-3-9-26-14-17/h3-4,6-7,9-11,14,20H,1-2,5,8,12-13,15H2,(H,27,28,31)/t20-/m1/s1. The lowest BCUT2D eigenvalue weighted by atomic mass is 9.99. The van der Waals surface area contributed by atoms with Crippen LogP contribution in [0, 0.1) is 0 Å². The number of carbonyl (C=O) groups excluding carboxylic acids is 2. The Labute approximate surface area is 190 Å². The van der Waals surface area contributed by atoms with Crippen molar-refractivity contribution in [3.05, 3.63) is 87.6 Å². The van der Waals surface area contributed by atoms with Crippen molar-refractivity contribution in [1.29, 1.82) is 0 Å². The summed E-state index contributed by atoms with van der Waals surface area (Å²) < 4.78 is 0. The molecule has 5 rings (SSSR count). The molecule has 9 nitrogen and oxygen atoms in total. The van der Waals surface area contributed by atoms with Crippen LogP contribution in [0.25, 0.3) is 0 Å². The molecule has 2 amide bonds. The molecule has 1 saturated heterocycles. The predicted molar refractivity (Wildman–Crippen MR) is 119 cm³/mol. The lowest BCUT2D eigenvalue weighted by molar-refractivity contribution is 0.0598. The molecule has 1 N–H and O–H groups in total. The molecule has 168 valence electrons. The Hall–Kier alpha value is -3.88. The fourth-order valence-corrected chi connectivity index (χ4v) is 4.58. The summed E-state index contributed by atoms with van der Waals surface area (Å²) in [5.41, 5.74) is 2.09. The van der Waals surface area contributed by atoms with Gasteiger partial charge in [-0.25, -0.2) is 4.98 Å². The topological polar surface area (TPSA) is 112 Å². The zero-order valence-electron chi connectivity index (χ0n) is 18.1. The van der Waals surface area contributed by atoms with Crippen LogP contribution in [0.1, 0.15) is 63.1 Å². The van der Waals surface area contributed by atoms with Gasteiger partial charge in [0.05, 0.1) is 23.8 Å². The van der Waals surface area contributed by atoms with Crippen molar-refractivity contribution < 1.29 is 9.59 Å². The van der Waals surface area contributed by atoms with Crippen molar-refractivity contribution in [3.63, 3.8) is 0 Å². The highest BCUT2D eigenvalue weighted by atomic mass is 16.2. The van der Waals surface area contributed by atoms with Crippen LogP contribution in [0.5, 0.6) is 0 Å². The van der Waals surface area contributed by atoms with E-state index in [2.05, 4.69) is 15.0 Å². The Morgan fingerprint density at radius 2 is 1.82 bits per heavy atom. The first-order chi connectivity index (χ1) is 16.1. The molecule has 0 radical (unpaired) electrons. The van der Waals surface area contributed by atoms with Gasteiger partial charge in [0.1, 0.15) is 5.82 Å². The number of nitrogens with one attached hydrogen (secondary N) is 1. The summed E-state index contributed by atoms with van der Waals surface area (Å²) in [6, 6.07) is 6.51. The van der Waals surface area contributed by atoms with Crippen LogP contribution in [0.2, 0.25) is 0 Å². The smallest absolute Gasteiger partial charge is 0.256 e. The largest absolute Gasteiger partial charge is 0.332 e. The molecular formula is C24H24N6O3. The third-order valence-corrected chi connectivity index (χ3v) is 6.29. The Balaban J connectivity index is 1.44. The second-order valence-electron chi connectivity index (χ2n) is 8.34. The molecule has 0 aromatic carbocycles. The van der Waals surface area contributed by atoms with E-state index >= 15 is 0 Å². The number of nitrogens with zero attached hydrogens (tertiary/aromatic N) is 5. The van der Waals surface area contributed by atoms with Gasteiger partial charge in [-0.15, -0.1) is 0 Å². The SMILES string of the molecule is O=C(c1ccncc1)N1CCc2c(nc([C@H]3CCCCN3C(=O)c3cccnc3)[nH]c2=O)C1. The van der Waals surface area contributed by atoms with Crippen LogP contribution in [0.15, 0.2) is 53.8 Å². The maximum atomic E-state index is 13.2. The Morgan fingerprint density at radius 1 is 0.970 bits per heavy atom. The maximum absolute atomic E-state index is 13.2. The van der Waals surface area contributed by atoms with E-state index < -0.39 is 0 Å². The minimum atomic E-state index is -0.323. The van der Waals surface area contributed by atoms with E-state index in [0.29, 0.717) is 54.1 Å². The van der Waals surface area contributed by atoms with E-state index in [-0.39, 0.29) is 30.0 Å². The van der Waals surface area contributed by atoms with Gasteiger partial charge >= 0.3 is 0 Å². The third kappa shape index (κ3) is 4.13. The molecule has 2 aliphatic heterocycles. The van der Waals surface area contributed by atoms with Crippen molar-refractivity contribution in [2.45, 2.75) is 38.3 Å². The summed E-state index contributed by atoms with van der Waals surface area (Å²) in [7, 11) is 0. The number of carbonyl (C=O) groups is 2. The first-order valence-electron chi connectivity index (χ1n) is 11.1. The zero-order valence-corrected chi connectivity index (χ0v) is 18.1. The van der Waals surface area contributed by atoms with E-state index in [1.54, 1.807) is 58.9 Å². The first-order valence-corrected chi connectivity index (χ1v) is 11.1. The first kappa shape index (κ1) is 21.0. The summed E-state index contributed by atoms with van der Waals surface area (Å²) in [5, 5.41) is 0. The molecule has 3 aromatic heterocycles. The summed E-state index contributed by atoms with van der Waals surface area (Å²) in [5.74, 6) is 0.245. The highest BCUT2D eigenvalue weighted by Gasteiger charge is 2.32. The molecule has 33 heavy (non-hydrogen) atoms. The minimum Gasteiger partial charge on any atom is -0.332 e. The van der Waals surface area contributed by atoms with E-state index in [1.165, 1.54) is 0 Å². The van der Waals surface area contributed by atoms with Gasteiger partial charge in [0.2, 0.25) is 0 Å². The Morgan fingerprint density at radius 3 is 2.61 bits per heavy atom. The van der Waals surface area contributed by atoms with Gasteiger partial charge in [0.25, 0.3) is 17.4 Å². The number of amides is 2. The molecule has 0 aliphatic carbocycles. The van der Waals surface area contributed by atoms with E-state index in [1.807, 2.05) is 0 Å². The average Bonchev–Trinajstić information content (AvgIpc) is 2.88. The molecule has 0 saturated carbocycles. The summed E-state index contributed by atoms with van der Waals surface area (Å²) in [4.78, 5) is 58.2. The van der Waals surface area contributed by atoms with Crippen molar-refractivity contribution in [3.8, 4) is 0 Å². The molecule has 0 bridgehead atoms. The van der Waals surface area contributed by atoms with Gasteiger partial charge in [-0.05, 0) is 49.9 Å². The number of pyridine rings is 2. The van der Waals surface area contributed by atoms with Gasteiger partial charge in [-0.2, -0.15) is 0 Å². The number of H-pyrrole nitrogens is 1.